The Balaban J connectivity index is 1.90. The third-order valence-electron chi connectivity index (χ3n) is 4.04. The average molecular weight is 257 g/mol. The van der Waals surface area contributed by atoms with Crippen LogP contribution < -0.4 is 5.32 Å². The van der Waals surface area contributed by atoms with Crippen LogP contribution in [-0.4, -0.2) is 30.6 Å². The summed E-state index contributed by atoms with van der Waals surface area (Å²) in [6, 6.07) is 11.0. The molecule has 0 aromatic heterocycles. The van der Waals surface area contributed by atoms with Crippen molar-refractivity contribution in [1.82, 2.24) is 10.2 Å². The number of nitrogens with one attached hydrogen (secondary N) is 1. The zero-order valence-corrected chi connectivity index (χ0v) is 11.9. The zero-order chi connectivity index (χ0) is 13.7. The summed E-state index contributed by atoms with van der Waals surface area (Å²) < 4.78 is 0. The molecule has 1 unspecified atom stereocenters. The maximum atomic E-state index is 8.95. The first-order valence-electron chi connectivity index (χ1n) is 7.21. The van der Waals surface area contributed by atoms with Gasteiger partial charge in [-0.2, -0.15) is 5.26 Å². The highest BCUT2D eigenvalue weighted by atomic mass is 15.1. The number of nitriles is 1. The number of rotatable bonds is 4. The minimum atomic E-state index is 0.312. The van der Waals surface area contributed by atoms with Gasteiger partial charge in [0.05, 0.1) is 11.6 Å². The third kappa shape index (κ3) is 3.79. The lowest BCUT2D eigenvalue weighted by atomic mass is 10.0. The number of piperidine rings is 1. The Morgan fingerprint density at radius 3 is 2.79 bits per heavy atom. The maximum absolute atomic E-state index is 8.95. The van der Waals surface area contributed by atoms with E-state index in [1.54, 1.807) is 0 Å². The van der Waals surface area contributed by atoms with Crippen molar-refractivity contribution in [3.63, 3.8) is 0 Å². The summed E-state index contributed by atoms with van der Waals surface area (Å²) in [6.07, 6.45) is 2.44. The first-order valence-corrected chi connectivity index (χ1v) is 7.21. The second-order valence-corrected chi connectivity index (χ2v) is 5.33. The van der Waals surface area contributed by atoms with Gasteiger partial charge in [0.25, 0.3) is 0 Å². The Morgan fingerprint density at radius 2 is 2.16 bits per heavy atom. The van der Waals surface area contributed by atoms with E-state index in [2.05, 4.69) is 36.2 Å². The van der Waals surface area contributed by atoms with E-state index in [1.165, 1.54) is 31.5 Å². The molecule has 1 aromatic carbocycles. The molecule has 1 aliphatic heterocycles. The molecule has 3 heteroatoms. The quantitative estimate of drug-likeness (QED) is 0.901. The molecule has 2 rings (SSSR count). The highest BCUT2D eigenvalue weighted by molar-refractivity contribution is 5.34. The summed E-state index contributed by atoms with van der Waals surface area (Å²) in [6.45, 7) is 7.96. The van der Waals surface area contributed by atoms with Crippen LogP contribution in [0.3, 0.4) is 0 Å². The second-order valence-electron chi connectivity index (χ2n) is 5.33. The van der Waals surface area contributed by atoms with Crippen LogP contribution in [0.2, 0.25) is 0 Å². The molecule has 1 aliphatic rings. The molecular weight excluding hydrogens is 234 g/mol. The summed E-state index contributed by atoms with van der Waals surface area (Å²) in [7, 11) is 0. The van der Waals surface area contributed by atoms with E-state index < -0.39 is 0 Å². The molecule has 3 nitrogen and oxygen atoms in total. The van der Waals surface area contributed by atoms with Gasteiger partial charge in [0, 0.05) is 12.1 Å². The maximum Gasteiger partial charge on any atom is 0.0991 e. The Labute approximate surface area is 116 Å². The number of likely N-dealkylation sites (tertiary alicyclic amines) is 1. The Bertz CT molecular complexity index is 442. The molecule has 0 saturated carbocycles. The van der Waals surface area contributed by atoms with Gasteiger partial charge in [0.2, 0.25) is 0 Å². The molecule has 1 atom stereocenters. The van der Waals surface area contributed by atoms with Crippen LogP contribution in [0, 0.1) is 11.3 Å². The molecule has 0 radical (unpaired) electrons. The van der Waals surface area contributed by atoms with Crippen LogP contribution in [-0.2, 0) is 0 Å². The normalized spacial score (nSPS) is 19.0. The standard InChI is InChI=1S/C16H23N3/c1-3-19-9-7-16(8-10-19)18-13(2)15-6-4-5-14(11-15)12-17/h4-6,11,13,16,18H,3,7-10H2,1-2H3. The lowest BCUT2D eigenvalue weighted by Gasteiger charge is -2.33. The molecule has 102 valence electrons. The SMILES string of the molecule is CCN1CCC(NC(C)c2cccc(C#N)c2)CC1. The Hall–Kier alpha value is -1.37. The first-order chi connectivity index (χ1) is 9.22. The van der Waals surface area contributed by atoms with Gasteiger partial charge in [0.1, 0.15) is 0 Å². The molecule has 1 heterocycles. The van der Waals surface area contributed by atoms with Crippen molar-refractivity contribution in [3.05, 3.63) is 35.4 Å². The second kappa shape index (κ2) is 6.70. The van der Waals surface area contributed by atoms with Gasteiger partial charge >= 0.3 is 0 Å². The minimum Gasteiger partial charge on any atom is -0.307 e. The average Bonchev–Trinajstić information content (AvgIpc) is 2.48. The van der Waals surface area contributed by atoms with Crippen molar-refractivity contribution in [2.75, 3.05) is 19.6 Å². The van der Waals surface area contributed by atoms with Crippen LogP contribution in [0.5, 0.6) is 0 Å². The van der Waals surface area contributed by atoms with Crippen molar-refractivity contribution in [1.29, 1.82) is 5.26 Å². The predicted molar refractivity (Wildman–Crippen MR) is 77.8 cm³/mol. The number of benzene rings is 1. The van der Waals surface area contributed by atoms with E-state index in [-0.39, 0.29) is 0 Å². The van der Waals surface area contributed by atoms with Crippen molar-refractivity contribution in [3.8, 4) is 6.07 Å². The van der Waals surface area contributed by atoms with Gasteiger partial charge in [0.15, 0.2) is 0 Å². The molecule has 0 bridgehead atoms. The van der Waals surface area contributed by atoms with Crippen LogP contribution >= 0.6 is 0 Å². The Morgan fingerprint density at radius 1 is 1.42 bits per heavy atom. The van der Waals surface area contributed by atoms with Crippen LogP contribution in [0.1, 0.15) is 43.9 Å². The topological polar surface area (TPSA) is 39.1 Å². The van der Waals surface area contributed by atoms with Crippen LogP contribution in [0.4, 0.5) is 0 Å². The van der Waals surface area contributed by atoms with Gasteiger partial charge < -0.3 is 10.2 Å². The predicted octanol–water partition coefficient (Wildman–Crippen LogP) is 2.69. The molecular formula is C16H23N3. The third-order valence-corrected chi connectivity index (χ3v) is 4.04. The fourth-order valence-electron chi connectivity index (χ4n) is 2.74. The van der Waals surface area contributed by atoms with Gasteiger partial charge in [-0.1, -0.05) is 19.1 Å². The molecule has 0 spiro atoms. The molecule has 1 fully saturated rings. The summed E-state index contributed by atoms with van der Waals surface area (Å²) in [5.74, 6) is 0. The summed E-state index contributed by atoms with van der Waals surface area (Å²) in [5, 5.41) is 12.6. The summed E-state index contributed by atoms with van der Waals surface area (Å²) in [4.78, 5) is 2.50. The largest absolute Gasteiger partial charge is 0.307 e. The van der Waals surface area contributed by atoms with E-state index in [1.807, 2.05) is 18.2 Å². The van der Waals surface area contributed by atoms with Crippen molar-refractivity contribution >= 4 is 0 Å². The number of hydrogen-bond acceptors (Lipinski definition) is 3. The lowest BCUT2D eigenvalue weighted by molar-refractivity contribution is 0.200. The van der Waals surface area contributed by atoms with Gasteiger partial charge in [-0.15, -0.1) is 0 Å². The van der Waals surface area contributed by atoms with Gasteiger partial charge in [-0.3, -0.25) is 0 Å². The van der Waals surface area contributed by atoms with Crippen LogP contribution in [0.25, 0.3) is 0 Å². The van der Waals surface area contributed by atoms with Gasteiger partial charge in [-0.05, 0) is 57.1 Å². The van der Waals surface area contributed by atoms with E-state index in [0.717, 1.165) is 12.1 Å². The fraction of sp³-hybridized carbons (Fsp3) is 0.562. The van der Waals surface area contributed by atoms with Crippen molar-refractivity contribution < 1.29 is 0 Å². The Kier molecular flexibility index (Phi) is 4.95. The fourth-order valence-corrected chi connectivity index (χ4v) is 2.74. The first kappa shape index (κ1) is 14.0. The van der Waals surface area contributed by atoms with Crippen molar-refractivity contribution in [2.24, 2.45) is 0 Å². The monoisotopic (exact) mass is 257 g/mol. The van der Waals surface area contributed by atoms with E-state index in [4.69, 9.17) is 5.26 Å². The minimum absolute atomic E-state index is 0.312. The molecule has 1 saturated heterocycles. The summed E-state index contributed by atoms with van der Waals surface area (Å²) >= 11 is 0. The molecule has 0 amide bonds. The molecule has 19 heavy (non-hydrogen) atoms. The van der Waals surface area contributed by atoms with E-state index in [9.17, 15) is 0 Å². The molecule has 1 aromatic rings. The number of hydrogen-bond donors (Lipinski definition) is 1. The summed E-state index contributed by atoms with van der Waals surface area (Å²) in [5.41, 5.74) is 1.95. The van der Waals surface area contributed by atoms with E-state index in [0.29, 0.717) is 12.1 Å². The highest BCUT2D eigenvalue weighted by Crippen LogP contribution is 2.18. The zero-order valence-electron chi connectivity index (χ0n) is 11.9. The van der Waals surface area contributed by atoms with Crippen LogP contribution in [0.15, 0.2) is 24.3 Å². The number of nitrogens with zero attached hydrogens (tertiary/aromatic N) is 2. The molecule has 1 N–H and O–H groups in total. The van der Waals surface area contributed by atoms with E-state index >= 15 is 0 Å². The smallest absolute Gasteiger partial charge is 0.0991 e. The van der Waals surface area contributed by atoms with Crippen molar-refractivity contribution in [2.45, 2.75) is 38.8 Å². The molecule has 0 aliphatic carbocycles. The highest BCUT2D eigenvalue weighted by Gasteiger charge is 2.19. The lowest BCUT2D eigenvalue weighted by Crippen LogP contribution is -2.43. The van der Waals surface area contributed by atoms with Gasteiger partial charge in [-0.25, -0.2) is 0 Å².